The number of hydrogen-bond donors (Lipinski definition) is 0. The first-order chi connectivity index (χ1) is 14.0. The number of piperidine rings is 1. The minimum atomic E-state index is -0.458. The lowest BCUT2D eigenvalue weighted by Crippen LogP contribution is -2.53. The zero-order valence-corrected chi connectivity index (χ0v) is 16.7. The van der Waals surface area contributed by atoms with Crippen molar-refractivity contribution < 1.29 is 4.79 Å². The molecule has 0 aliphatic carbocycles. The Hall–Kier alpha value is -3.15. The van der Waals surface area contributed by atoms with Gasteiger partial charge in [-0.2, -0.15) is 0 Å². The van der Waals surface area contributed by atoms with E-state index in [2.05, 4.69) is 22.0 Å². The Morgan fingerprint density at radius 1 is 1.07 bits per heavy atom. The van der Waals surface area contributed by atoms with Crippen LogP contribution in [0.15, 0.2) is 59.5 Å². The summed E-state index contributed by atoms with van der Waals surface area (Å²) < 4.78 is 1.75. The molecule has 0 spiro atoms. The van der Waals surface area contributed by atoms with Crippen molar-refractivity contribution in [1.29, 1.82) is 0 Å². The van der Waals surface area contributed by atoms with E-state index in [-0.39, 0.29) is 23.3 Å². The van der Waals surface area contributed by atoms with Gasteiger partial charge in [0.25, 0.3) is 5.56 Å². The molecule has 3 aromatic rings. The van der Waals surface area contributed by atoms with Gasteiger partial charge in [0.1, 0.15) is 6.04 Å². The van der Waals surface area contributed by atoms with Gasteiger partial charge in [0, 0.05) is 68.1 Å². The lowest BCUT2D eigenvalue weighted by molar-refractivity contribution is -0.134. The number of para-hydroxylation sites is 1. The second kappa shape index (κ2) is 6.72. The maximum atomic E-state index is 13.1. The zero-order valence-electron chi connectivity index (χ0n) is 16.7. The molecular weight excluding hydrogens is 364 g/mol. The van der Waals surface area contributed by atoms with E-state index in [1.807, 2.05) is 36.5 Å². The fraction of sp³-hybridized carbons (Fsp3) is 0.348. The van der Waals surface area contributed by atoms with Gasteiger partial charge in [-0.1, -0.05) is 24.3 Å². The minimum Gasteiger partial charge on any atom is -0.370 e. The molecule has 0 radical (unpaired) electrons. The van der Waals surface area contributed by atoms with Gasteiger partial charge in [0.15, 0.2) is 0 Å². The maximum absolute atomic E-state index is 13.1. The number of pyridine rings is 2. The van der Waals surface area contributed by atoms with Crippen LogP contribution in [0, 0.1) is 5.92 Å². The van der Waals surface area contributed by atoms with Crippen molar-refractivity contribution >= 4 is 22.5 Å². The Labute approximate surface area is 169 Å². The average Bonchev–Trinajstić information content (AvgIpc) is 2.73. The highest BCUT2D eigenvalue weighted by atomic mass is 16.2. The summed E-state index contributed by atoms with van der Waals surface area (Å²) >= 11 is 0. The third-order valence-electron chi connectivity index (χ3n) is 6.31. The van der Waals surface area contributed by atoms with Crippen molar-refractivity contribution in [3.8, 4) is 0 Å². The molecule has 4 heterocycles. The maximum Gasteiger partial charge on any atom is 0.251 e. The van der Waals surface area contributed by atoms with E-state index in [0.29, 0.717) is 0 Å². The van der Waals surface area contributed by atoms with Crippen molar-refractivity contribution in [1.82, 2.24) is 14.5 Å². The first kappa shape index (κ1) is 17.9. The molecule has 3 atom stereocenters. The molecule has 2 aliphatic rings. The summed E-state index contributed by atoms with van der Waals surface area (Å²) in [6, 6.07) is 15.1. The van der Waals surface area contributed by atoms with E-state index < -0.39 is 6.04 Å². The van der Waals surface area contributed by atoms with Crippen LogP contribution in [-0.4, -0.2) is 47.5 Å². The SMILES string of the molecule is CN(C)C(=O)[C@H]1[C@H]2C[C@H](CN(c3ccnc4ccccc34)C2)c2cccc(=O)n21. The normalized spacial score (nSPS) is 23.0. The summed E-state index contributed by atoms with van der Waals surface area (Å²) in [6.45, 7) is 1.58. The van der Waals surface area contributed by atoms with Crippen LogP contribution in [0.4, 0.5) is 5.69 Å². The van der Waals surface area contributed by atoms with Gasteiger partial charge in [-0.05, 0) is 24.6 Å². The summed E-state index contributed by atoms with van der Waals surface area (Å²) in [5, 5.41) is 1.12. The van der Waals surface area contributed by atoms with Crippen LogP contribution in [0.2, 0.25) is 0 Å². The Morgan fingerprint density at radius 3 is 2.72 bits per heavy atom. The quantitative estimate of drug-likeness (QED) is 0.677. The third kappa shape index (κ3) is 2.82. The fourth-order valence-corrected chi connectivity index (χ4v) is 5.07. The van der Waals surface area contributed by atoms with Crippen LogP contribution in [-0.2, 0) is 4.79 Å². The van der Waals surface area contributed by atoms with E-state index >= 15 is 0 Å². The molecule has 1 saturated heterocycles. The van der Waals surface area contributed by atoms with Crippen LogP contribution >= 0.6 is 0 Å². The highest BCUT2D eigenvalue weighted by Crippen LogP contribution is 2.43. The smallest absolute Gasteiger partial charge is 0.251 e. The molecule has 0 saturated carbocycles. The van der Waals surface area contributed by atoms with Crippen LogP contribution in [0.25, 0.3) is 10.9 Å². The van der Waals surface area contributed by atoms with Crippen LogP contribution < -0.4 is 10.5 Å². The molecule has 0 unspecified atom stereocenters. The number of hydrogen-bond acceptors (Lipinski definition) is 4. The molecule has 2 bridgehead atoms. The van der Waals surface area contributed by atoms with Gasteiger partial charge in [0.2, 0.25) is 5.91 Å². The van der Waals surface area contributed by atoms with Gasteiger partial charge in [-0.15, -0.1) is 0 Å². The molecule has 2 aromatic heterocycles. The lowest BCUT2D eigenvalue weighted by atomic mass is 9.77. The van der Waals surface area contributed by atoms with Gasteiger partial charge < -0.3 is 9.80 Å². The van der Waals surface area contributed by atoms with E-state index in [9.17, 15) is 9.59 Å². The summed E-state index contributed by atoms with van der Waals surface area (Å²) in [4.78, 5) is 34.3. The first-order valence-corrected chi connectivity index (χ1v) is 10.1. The van der Waals surface area contributed by atoms with Gasteiger partial charge in [0.05, 0.1) is 5.52 Å². The number of nitrogens with zero attached hydrogens (tertiary/aromatic N) is 4. The number of benzene rings is 1. The van der Waals surface area contributed by atoms with Crippen LogP contribution in [0.3, 0.4) is 0 Å². The number of carbonyl (C=O) groups is 1. The second-order valence-electron chi connectivity index (χ2n) is 8.28. The highest BCUT2D eigenvalue weighted by molar-refractivity contribution is 5.91. The Kier molecular flexibility index (Phi) is 4.15. The molecule has 148 valence electrons. The molecular formula is C23H24N4O2. The molecule has 5 rings (SSSR count). The topological polar surface area (TPSA) is 58.4 Å². The predicted octanol–water partition coefficient (Wildman–Crippen LogP) is 2.65. The van der Waals surface area contributed by atoms with E-state index in [4.69, 9.17) is 0 Å². The number of likely N-dealkylation sites (N-methyl/N-ethyl adjacent to an activating group) is 1. The van der Waals surface area contributed by atoms with Crippen molar-refractivity contribution in [2.45, 2.75) is 18.4 Å². The van der Waals surface area contributed by atoms with Gasteiger partial charge in [-0.25, -0.2) is 0 Å². The molecule has 1 amide bonds. The van der Waals surface area contributed by atoms with Gasteiger partial charge in [-0.3, -0.25) is 19.1 Å². The fourth-order valence-electron chi connectivity index (χ4n) is 5.07. The van der Waals surface area contributed by atoms with E-state index in [0.717, 1.165) is 41.8 Å². The van der Waals surface area contributed by atoms with Gasteiger partial charge >= 0.3 is 0 Å². The highest BCUT2D eigenvalue weighted by Gasteiger charge is 2.44. The van der Waals surface area contributed by atoms with Crippen LogP contribution in [0.5, 0.6) is 0 Å². The lowest BCUT2D eigenvalue weighted by Gasteiger charge is -2.47. The molecule has 6 heteroatoms. The van der Waals surface area contributed by atoms with Crippen molar-refractivity contribution in [2.24, 2.45) is 5.92 Å². The Bertz CT molecular complexity index is 1150. The molecule has 6 nitrogen and oxygen atoms in total. The Balaban J connectivity index is 1.63. The molecule has 2 aliphatic heterocycles. The first-order valence-electron chi connectivity index (χ1n) is 10.1. The zero-order chi connectivity index (χ0) is 20.1. The average molecular weight is 388 g/mol. The van der Waals surface area contributed by atoms with Crippen molar-refractivity contribution in [2.75, 3.05) is 32.1 Å². The number of aromatic nitrogens is 2. The molecule has 0 N–H and O–H groups in total. The number of anilines is 1. The molecule has 1 fully saturated rings. The number of rotatable bonds is 2. The summed E-state index contributed by atoms with van der Waals surface area (Å²) in [7, 11) is 3.53. The number of fused-ring (bicyclic) bond motifs is 5. The van der Waals surface area contributed by atoms with Crippen LogP contribution in [0.1, 0.15) is 24.1 Å². The minimum absolute atomic E-state index is 0.00978. The van der Waals surface area contributed by atoms with E-state index in [1.54, 1.807) is 29.6 Å². The second-order valence-corrected chi connectivity index (χ2v) is 8.28. The Morgan fingerprint density at radius 2 is 1.90 bits per heavy atom. The number of amides is 1. The molecule has 1 aromatic carbocycles. The predicted molar refractivity (Wildman–Crippen MR) is 113 cm³/mol. The molecule has 29 heavy (non-hydrogen) atoms. The summed E-state index contributed by atoms with van der Waals surface area (Å²) in [5.74, 6) is 0.299. The van der Waals surface area contributed by atoms with E-state index in [1.165, 1.54) is 0 Å². The summed E-state index contributed by atoms with van der Waals surface area (Å²) in [5.41, 5.74) is 3.00. The largest absolute Gasteiger partial charge is 0.370 e. The summed E-state index contributed by atoms with van der Waals surface area (Å²) in [6.07, 6.45) is 2.77. The third-order valence-corrected chi connectivity index (χ3v) is 6.31. The monoisotopic (exact) mass is 388 g/mol. The standard InChI is InChI=1S/C23H24N4O2/c1-25(2)23(29)22-16-12-15(19-8-5-9-21(28)27(19)22)13-26(14-16)20-10-11-24-18-7-4-3-6-17(18)20/h3-11,15-16,22H,12-14H2,1-2H3/t15-,16+,22-/m1/s1. The number of carbonyl (C=O) groups excluding carboxylic acids is 1. The van der Waals surface area contributed by atoms with Crippen molar-refractivity contribution in [3.05, 3.63) is 70.8 Å². The van der Waals surface area contributed by atoms with Crippen molar-refractivity contribution in [3.63, 3.8) is 0 Å².